The molecule has 0 saturated heterocycles. The van der Waals surface area contributed by atoms with Gasteiger partial charge in [0.05, 0.1) is 6.10 Å². The quantitative estimate of drug-likeness (QED) is 0.391. The van der Waals surface area contributed by atoms with Crippen LogP contribution in [0, 0.1) is 34.5 Å². The second-order valence-electron chi connectivity index (χ2n) is 15.8. The van der Waals surface area contributed by atoms with Gasteiger partial charge in [-0.3, -0.25) is 4.79 Å². The average Bonchev–Trinajstić information content (AvgIpc) is 3.49. The summed E-state index contributed by atoms with van der Waals surface area (Å²) in [5, 5.41) is 20.3. The van der Waals surface area contributed by atoms with Crippen molar-refractivity contribution >= 4 is 26.4 Å². The fourth-order valence-electron chi connectivity index (χ4n) is 11.2. The van der Waals surface area contributed by atoms with Crippen molar-refractivity contribution in [2.24, 2.45) is 44.8 Å². The molecule has 6 aliphatic rings. The Hall–Kier alpha value is -2.51. The van der Waals surface area contributed by atoms with Gasteiger partial charge in [0.15, 0.2) is 0 Å². The number of Topliss-reactive ketones (excluding diaryl/α,β-unsaturated/α-hetero) is 1. The van der Waals surface area contributed by atoms with Crippen LogP contribution in [0.5, 0.6) is 11.5 Å². The molecule has 9 atom stereocenters. The Labute approximate surface area is 284 Å². The zero-order chi connectivity index (χ0) is 34.2. The number of ketones is 1. The maximum absolute atomic E-state index is 12.3. The highest BCUT2D eigenvalue weighted by molar-refractivity contribution is 7.85. The number of aryl methyl sites for hydroxylation is 2. The Morgan fingerprint density at radius 2 is 1.21 bits per heavy atom. The van der Waals surface area contributed by atoms with Crippen LogP contribution in [0.2, 0.25) is 0 Å². The molecule has 0 heterocycles. The van der Waals surface area contributed by atoms with E-state index in [1.54, 1.807) is 12.1 Å². The van der Waals surface area contributed by atoms with Gasteiger partial charge in [0.25, 0.3) is 0 Å². The third-order valence-electron chi connectivity index (χ3n) is 13.5. The van der Waals surface area contributed by atoms with E-state index in [1.165, 1.54) is 16.7 Å². The maximum atomic E-state index is 12.3. The van der Waals surface area contributed by atoms with Gasteiger partial charge in [-0.1, -0.05) is 26.0 Å². The minimum Gasteiger partial charge on any atom is -0.393 e. The molecule has 6 aliphatic carbocycles. The molecule has 4 fully saturated rings. The van der Waals surface area contributed by atoms with Gasteiger partial charge in [-0.05, 0) is 158 Å². The number of benzene rings is 2. The average molecular weight is 701 g/mol. The predicted molar refractivity (Wildman–Crippen MR) is 181 cm³/mol. The molecule has 8 rings (SSSR count). The molecular weight excluding hydrogens is 653 g/mol. The van der Waals surface area contributed by atoms with Crippen LogP contribution >= 0.6 is 0 Å². The minimum absolute atomic E-state index is 0.0787. The fraction of sp³-hybridized carbons (Fsp3) is 0.639. The zero-order valence-electron chi connectivity index (χ0n) is 27.8. The summed E-state index contributed by atoms with van der Waals surface area (Å²) in [5.74, 6) is 4.30. The van der Waals surface area contributed by atoms with E-state index in [9.17, 15) is 26.7 Å². The van der Waals surface area contributed by atoms with Crippen molar-refractivity contribution in [1.29, 1.82) is 0 Å². The molecule has 10 nitrogen and oxygen atoms in total. The van der Waals surface area contributed by atoms with E-state index >= 15 is 0 Å². The molecule has 0 bridgehead atoms. The van der Waals surface area contributed by atoms with E-state index < -0.39 is 20.6 Å². The van der Waals surface area contributed by atoms with Crippen LogP contribution < -0.4 is 18.6 Å². The lowest BCUT2D eigenvalue weighted by Gasteiger charge is -2.50. The Kier molecular flexibility index (Phi) is 8.54. The summed E-state index contributed by atoms with van der Waals surface area (Å²) in [6.45, 7) is 4.44. The summed E-state index contributed by atoms with van der Waals surface area (Å²) in [5.41, 5.74) is 4.93. The minimum atomic E-state index is -3.99. The third kappa shape index (κ3) is 6.10. The van der Waals surface area contributed by atoms with Crippen molar-refractivity contribution in [1.82, 2.24) is 0 Å². The van der Waals surface area contributed by atoms with Crippen molar-refractivity contribution in [3.63, 3.8) is 0 Å². The second-order valence-corrected chi connectivity index (χ2v) is 18.1. The van der Waals surface area contributed by atoms with Crippen LogP contribution in [0.1, 0.15) is 112 Å². The van der Waals surface area contributed by atoms with Crippen molar-refractivity contribution in [3.8, 4) is 11.5 Å². The number of carbonyl (C=O) groups is 1. The lowest BCUT2D eigenvalue weighted by molar-refractivity contribution is -0.129. The smallest absolute Gasteiger partial charge is 0.380 e. The van der Waals surface area contributed by atoms with E-state index in [2.05, 4.69) is 13.8 Å². The molecule has 4 saturated carbocycles. The summed E-state index contributed by atoms with van der Waals surface area (Å²) in [4.78, 5) is 12.3. The molecule has 0 aliphatic heterocycles. The summed E-state index contributed by atoms with van der Waals surface area (Å²) < 4.78 is 54.1. The van der Waals surface area contributed by atoms with Gasteiger partial charge in [0.1, 0.15) is 17.3 Å². The molecule has 5 N–H and O–H groups in total. The van der Waals surface area contributed by atoms with Crippen LogP contribution in [0.25, 0.3) is 0 Å². The largest absolute Gasteiger partial charge is 0.393 e. The molecule has 48 heavy (non-hydrogen) atoms. The van der Waals surface area contributed by atoms with E-state index in [4.69, 9.17) is 18.6 Å². The molecule has 6 unspecified atom stereocenters. The van der Waals surface area contributed by atoms with Gasteiger partial charge in [-0.2, -0.15) is 27.1 Å². The Bertz CT molecular complexity index is 1830. The highest BCUT2D eigenvalue weighted by Gasteiger charge is 2.55. The normalized spacial score (nSPS) is 36.6. The molecule has 0 radical (unpaired) electrons. The SMILES string of the molecule is C[C@]12CCC3c4ccc(OS(N)(=O)=O)cc4CCC3C1CCC2=O.C[C@]12CCC3c4ccc(OS(N)(=O)=O)cc4CCC3C1CC[C@@H]2O. The number of aliphatic hydroxyl groups excluding tert-OH is 1. The summed E-state index contributed by atoms with van der Waals surface area (Å²) in [6, 6.07) is 11.0. The van der Waals surface area contributed by atoms with Crippen molar-refractivity contribution in [2.75, 3.05) is 0 Å². The molecule has 2 aromatic carbocycles. The van der Waals surface area contributed by atoms with Gasteiger partial charge in [0, 0.05) is 11.8 Å². The molecule has 262 valence electrons. The summed E-state index contributed by atoms with van der Waals surface area (Å²) >= 11 is 0. The van der Waals surface area contributed by atoms with E-state index in [1.807, 2.05) is 24.3 Å². The number of hydrogen-bond acceptors (Lipinski definition) is 8. The Balaban J connectivity index is 0.000000152. The van der Waals surface area contributed by atoms with Crippen molar-refractivity contribution < 1.29 is 35.1 Å². The number of hydrogen-bond donors (Lipinski definition) is 3. The van der Waals surface area contributed by atoms with Crippen molar-refractivity contribution in [2.45, 2.75) is 109 Å². The van der Waals surface area contributed by atoms with Crippen LogP contribution in [-0.2, 0) is 38.2 Å². The highest BCUT2D eigenvalue weighted by Crippen LogP contribution is 2.61. The highest BCUT2D eigenvalue weighted by atomic mass is 32.2. The monoisotopic (exact) mass is 700 g/mol. The molecule has 0 spiro atoms. The number of fused-ring (bicyclic) bond motifs is 10. The van der Waals surface area contributed by atoms with E-state index in [0.717, 1.165) is 82.6 Å². The van der Waals surface area contributed by atoms with Crippen LogP contribution in [0.3, 0.4) is 0 Å². The van der Waals surface area contributed by atoms with Gasteiger partial charge in [0.2, 0.25) is 0 Å². The lowest BCUT2D eigenvalue weighted by atomic mass is 9.55. The Morgan fingerprint density at radius 3 is 1.75 bits per heavy atom. The topological polar surface area (TPSA) is 176 Å². The van der Waals surface area contributed by atoms with E-state index in [0.29, 0.717) is 47.0 Å². The first-order valence-electron chi connectivity index (χ1n) is 17.5. The fourth-order valence-corrected chi connectivity index (χ4v) is 12.0. The standard InChI is InChI=1S/C18H25NO4S.C18H23NO4S/c2*1-18-9-8-14-13-5-3-12(23-24(19,21)22)10-11(13)2-4-15(14)16(18)6-7-17(18)20/h3,5,10,14-17,20H,2,4,6-9H2,1H3,(H2,19,21,22);3,5,10,14-16H,2,4,6-9H2,1H3,(H2,19,21,22)/t14?,15?,16?,17-,18-;14?,15?,16?,18-/m00/s1. The summed E-state index contributed by atoms with van der Waals surface area (Å²) in [7, 11) is -7.97. The van der Waals surface area contributed by atoms with Gasteiger partial charge in [-0.25, -0.2) is 0 Å². The van der Waals surface area contributed by atoms with Gasteiger partial charge in [-0.15, -0.1) is 0 Å². The second kappa shape index (κ2) is 12.1. The van der Waals surface area contributed by atoms with Crippen LogP contribution in [-0.4, -0.2) is 33.8 Å². The first-order valence-corrected chi connectivity index (χ1v) is 20.4. The number of aliphatic hydroxyl groups is 1. The van der Waals surface area contributed by atoms with Gasteiger partial charge >= 0.3 is 20.6 Å². The zero-order valence-corrected chi connectivity index (χ0v) is 29.4. The summed E-state index contributed by atoms with van der Waals surface area (Å²) in [6.07, 6.45) is 11.8. The molecule has 12 heteroatoms. The predicted octanol–water partition coefficient (Wildman–Crippen LogP) is 5.18. The van der Waals surface area contributed by atoms with Crippen LogP contribution in [0.4, 0.5) is 0 Å². The maximum Gasteiger partial charge on any atom is 0.380 e. The van der Waals surface area contributed by atoms with Gasteiger partial charge < -0.3 is 13.5 Å². The van der Waals surface area contributed by atoms with Crippen molar-refractivity contribution in [3.05, 3.63) is 58.7 Å². The third-order valence-corrected chi connectivity index (χ3v) is 14.3. The first kappa shape index (κ1) is 34.0. The van der Waals surface area contributed by atoms with Crippen LogP contribution in [0.15, 0.2) is 36.4 Å². The first-order chi connectivity index (χ1) is 22.6. The number of carbonyl (C=O) groups excluding carboxylic acids is 1. The lowest BCUT2D eigenvalue weighted by Crippen LogP contribution is -2.43. The molecule has 0 aromatic heterocycles. The molecule has 0 amide bonds. The number of nitrogens with two attached hydrogens (primary N) is 2. The number of rotatable bonds is 4. The molecular formula is C36H48N2O8S2. The Morgan fingerprint density at radius 1 is 0.688 bits per heavy atom. The molecule has 2 aromatic rings. The van der Waals surface area contributed by atoms with E-state index in [-0.39, 0.29) is 22.7 Å².